The maximum Gasteiger partial charge on any atom is 1.00 e. The Hall–Kier alpha value is 0.550. The Morgan fingerprint density at radius 3 is 2.31 bits per heavy atom. The Kier molecular flexibility index (Phi) is 9.21. The van der Waals surface area contributed by atoms with Crippen LogP contribution in [0.15, 0.2) is 0 Å². The van der Waals surface area contributed by atoms with Crippen LogP contribution in [0, 0.1) is 5.41 Å². The molecule has 0 aliphatic carbocycles. The molecule has 0 saturated heterocycles. The number of rotatable bonds is 6. The summed E-state index contributed by atoms with van der Waals surface area (Å²) in [6.07, 6.45) is 0.593. The van der Waals surface area contributed by atoms with Gasteiger partial charge in [-0.2, -0.15) is 4.20 Å². The van der Waals surface area contributed by atoms with E-state index in [0.717, 1.165) is 0 Å². The third-order valence-corrected chi connectivity index (χ3v) is 2.49. The van der Waals surface area contributed by atoms with Gasteiger partial charge in [-0.1, -0.05) is 6.92 Å². The molecule has 0 rings (SSSR count). The van der Waals surface area contributed by atoms with Gasteiger partial charge in [-0.3, -0.25) is 9.36 Å². The summed E-state index contributed by atoms with van der Waals surface area (Å²) in [4.78, 5) is 21.2. The minimum atomic E-state index is -5.21. The molecule has 0 aromatic heterocycles. The molecule has 0 aliphatic heterocycles. The molecule has 16 heavy (non-hydrogen) atoms. The van der Waals surface area contributed by atoms with Gasteiger partial charge < -0.3 is 14.2 Å². The first kappa shape index (κ1) is 18.9. The molecule has 0 saturated carbocycles. The summed E-state index contributed by atoms with van der Waals surface area (Å²) in [5, 5.41) is 0. The predicted octanol–water partition coefficient (Wildman–Crippen LogP) is -1.58. The molecule has 0 spiro atoms. The van der Waals surface area contributed by atoms with Crippen molar-refractivity contribution in [2.45, 2.75) is 27.2 Å². The zero-order chi connectivity index (χ0) is 12.1. The van der Waals surface area contributed by atoms with Gasteiger partial charge >= 0.3 is 43.4 Å². The minimum Gasteiger partial charge on any atom is -0.753 e. The maximum atomic E-state index is 11.9. The standard InChI is InChI=1S/C8H16FO5P.Na/c1-4-8(2,3)7(10)13-5-6-14-15(9,11)12;/h4-6H2,1-3H3,(H,11,12);/q;+1/p-1. The molecule has 0 aromatic carbocycles. The monoisotopic (exact) mass is 264 g/mol. The van der Waals surface area contributed by atoms with E-state index in [9.17, 15) is 18.4 Å². The molecule has 8 heteroatoms. The van der Waals surface area contributed by atoms with Crippen LogP contribution in [0.5, 0.6) is 0 Å². The zero-order valence-electron chi connectivity index (χ0n) is 9.99. The molecule has 1 unspecified atom stereocenters. The van der Waals surface area contributed by atoms with Crippen molar-refractivity contribution in [1.29, 1.82) is 0 Å². The molecule has 1 atom stereocenters. The van der Waals surface area contributed by atoms with Crippen LogP contribution in [0.1, 0.15) is 27.2 Å². The van der Waals surface area contributed by atoms with E-state index >= 15 is 0 Å². The van der Waals surface area contributed by atoms with Crippen LogP contribution >= 0.6 is 7.91 Å². The number of carbonyl (C=O) groups excluding carboxylic acids is 1. The fourth-order valence-electron chi connectivity index (χ4n) is 0.620. The fourth-order valence-corrected chi connectivity index (χ4v) is 0.913. The van der Waals surface area contributed by atoms with Gasteiger partial charge in [-0.05, 0) is 20.3 Å². The van der Waals surface area contributed by atoms with E-state index in [0.29, 0.717) is 6.42 Å². The van der Waals surface area contributed by atoms with Crippen molar-refractivity contribution in [2.24, 2.45) is 5.41 Å². The van der Waals surface area contributed by atoms with Crippen LogP contribution in [0.2, 0.25) is 0 Å². The quantitative estimate of drug-likeness (QED) is 0.250. The van der Waals surface area contributed by atoms with Gasteiger partial charge in [-0.25, -0.2) is 0 Å². The Bertz CT molecular complexity index is 265. The normalized spacial score (nSPS) is 14.8. The van der Waals surface area contributed by atoms with Crippen LogP contribution in [0.4, 0.5) is 4.20 Å². The molecule has 5 nitrogen and oxygen atoms in total. The molecule has 0 amide bonds. The van der Waals surface area contributed by atoms with Crippen molar-refractivity contribution < 1.29 is 57.3 Å². The molecule has 0 fully saturated rings. The maximum absolute atomic E-state index is 11.9. The Balaban J connectivity index is 0. The summed E-state index contributed by atoms with van der Waals surface area (Å²) < 4.78 is 30.3. The minimum absolute atomic E-state index is 0. The average Bonchev–Trinajstić information content (AvgIpc) is 2.10. The number of hydrogen-bond acceptors (Lipinski definition) is 5. The largest absolute Gasteiger partial charge is 1.00 e. The Labute approximate surface area is 117 Å². The number of carbonyl (C=O) groups is 1. The van der Waals surface area contributed by atoms with Crippen LogP contribution < -0.4 is 34.5 Å². The van der Waals surface area contributed by atoms with Crippen molar-refractivity contribution in [3.05, 3.63) is 0 Å². The zero-order valence-corrected chi connectivity index (χ0v) is 12.9. The number of hydrogen-bond donors (Lipinski definition) is 0. The van der Waals surface area contributed by atoms with E-state index in [1.165, 1.54) is 0 Å². The van der Waals surface area contributed by atoms with Gasteiger partial charge in [-0.15, -0.1) is 0 Å². The second kappa shape index (κ2) is 7.80. The van der Waals surface area contributed by atoms with Gasteiger partial charge in [0.2, 0.25) is 0 Å². The summed E-state index contributed by atoms with van der Waals surface area (Å²) in [5.74, 6) is -0.465. The number of esters is 1. The molecule has 0 aromatic rings. The molecule has 90 valence electrons. The number of halogens is 1. The summed E-state index contributed by atoms with van der Waals surface area (Å²) in [6.45, 7) is 4.44. The van der Waals surface area contributed by atoms with Gasteiger partial charge in [0.05, 0.1) is 12.0 Å². The summed E-state index contributed by atoms with van der Waals surface area (Å²) >= 11 is 0. The van der Waals surface area contributed by atoms with E-state index in [4.69, 9.17) is 4.74 Å². The van der Waals surface area contributed by atoms with Gasteiger partial charge in [0.1, 0.15) is 6.61 Å². The van der Waals surface area contributed by atoms with E-state index in [-0.39, 0.29) is 36.2 Å². The SMILES string of the molecule is CCC(C)(C)C(=O)OCCOP(=O)([O-])F.[Na+]. The molecule has 0 radical (unpaired) electrons. The van der Waals surface area contributed by atoms with Crippen LogP contribution in [-0.4, -0.2) is 19.2 Å². The third-order valence-electron chi connectivity index (χ3n) is 2.00. The van der Waals surface area contributed by atoms with Crippen molar-refractivity contribution in [2.75, 3.05) is 13.2 Å². The Morgan fingerprint density at radius 1 is 1.44 bits per heavy atom. The fraction of sp³-hybridized carbons (Fsp3) is 0.875. The van der Waals surface area contributed by atoms with E-state index in [1.54, 1.807) is 13.8 Å². The predicted molar refractivity (Wildman–Crippen MR) is 49.7 cm³/mol. The van der Waals surface area contributed by atoms with E-state index < -0.39 is 25.9 Å². The molecular weight excluding hydrogens is 249 g/mol. The molecular formula is C8H15FNaO5P. The van der Waals surface area contributed by atoms with E-state index in [1.807, 2.05) is 6.92 Å². The summed E-state index contributed by atoms with van der Waals surface area (Å²) in [6, 6.07) is 0. The first-order valence-corrected chi connectivity index (χ1v) is 5.95. The number of ether oxygens (including phenoxy) is 1. The topological polar surface area (TPSA) is 75.7 Å². The van der Waals surface area contributed by atoms with Crippen LogP contribution in [-0.2, 0) is 18.6 Å². The van der Waals surface area contributed by atoms with Crippen molar-refractivity contribution in [1.82, 2.24) is 0 Å². The second-order valence-corrected chi connectivity index (χ2v) is 4.76. The summed E-state index contributed by atoms with van der Waals surface area (Å²) in [5.41, 5.74) is -0.628. The third kappa shape index (κ3) is 8.67. The summed E-state index contributed by atoms with van der Waals surface area (Å²) in [7, 11) is -5.21. The smallest absolute Gasteiger partial charge is 0.753 e. The van der Waals surface area contributed by atoms with Crippen molar-refractivity contribution in [3.8, 4) is 0 Å². The van der Waals surface area contributed by atoms with Gasteiger partial charge in [0.15, 0.2) is 0 Å². The van der Waals surface area contributed by atoms with Crippen LogP contribution in [0.25, 0.3) is 0 Å². The molecule has 0 heterocycles. The van der Waals surface area contributed by atoms with Gasteiger partial charge in [0.25, 0.3) is 0 Å². The average molecular weight is 264 g/mol. The van der Waals surface area contributed by atoms with Gasteiger partial charge in [0, 0.05) is 0 Å². The molecule has 0 N–H and O–H groups in total. The first-order valence-electron chi connectivity index (χ1n) is 4.51. The van der Waals surface area contributed by atoms with E-state index in [2.05, 4.69) is 4.52 Å². The first-order chi connectivity index (χ1) is 6.69. The van der Waals surface area contributed by atoms with Crippen molar-refractivity contribution in [3.63, 3.8) is 0 Å². The van der Waals surface area contributed by atoms with Crippen molar-refractivity contribution >= 4 is 13.9 Å². The Morgan fingerprint density at radius 2 is 1.94 bits per heavy atom. The second-order valence-electron chi connectivity index (χ2n) is 3.64. The molecule has 0 aliphatic rings. The molecule has 0 bridgehead atoms. The van der Waals surface area contributed by atoms with Crippen LogP contribution in [0.3, 0.4) is 0 Å².